The van der Waals surface area contributed by atoms with E-state index in [4.69, 9.17) is 27.9 Å². The first-order valence-corrected chi connectivity index (χ1v) is 7.94. The Bertz CT molecular complexity index is 625. The molecule has 0 unspecified atom stereocenters. The van der Waals surface area contributed by atoms with Crippen LogP contribution >= 0.6 is 34.5 Å². The largest absolute Gasteiger partial charge is 0.492 e. The molecule has 0 aliphatic heterocycles. The average Bonchev–Trinajstić information content (AvgIpc) is 2.79. The lowest BCUT2D eigenvalue weighted by Crippen LogP contribution is -2.30. The molecule has 0 radical (unpaired) electrons. The van der Waals surface area contributed by atoms with Crippen molar-refractivity contribution in [2.75, 3.05) is 20.2 Å². The summed E-state index contributed by atoms with van der Waals surface area (Å²) in [7, 11) is 1.71. The quantitative estimate of drug-likeness (QED) is 0.798. The van der Waals surface area contributed by atoms with Crippen LogP contribution in [0.5, 0.6) is 5.75 Å². The fourth-order valence-corrected chi connectivity index (χ4v) is 3.18. The highest BCUT2D eigenvalue weighted by atomic mass is 35.5. The predicted molar refractivity (Wildman–Crippen MR) is 88.0 cm³/mol. The molecule has 1 aromatic carbocycles. The second kappa shape index (κ2) is 7.16. The monoisotopic (exact) mass is 343 g/mol. The number of carbonyl (C=O) groups is 1. The fourth-order valence-electron chi connectivity index (χ4n) is 1.73. The number of benzene rings is 1. The molecule has 1 heterocycles. The van der Waals surface area contributed by atoms with Gasteiger partial charge in [0, 0.05) is 7.05 Å². The number of hydrogen-bond donors (Lipinski definition) is 0. The minimum atomic E-state index is -0.157. The average molecular weight is 344 g/mol. The third-order valence-electron chi connectivity index (χ3n) is 2.95. The molecule has 112 valence electrons. The Hall–Kier alpha value is -1.23. The Morgan fingerprint density at radius 2 is 1.95 bits per heavy atom. The van der Waals surface area contributed by atoms with E-state index in [9.17, 15) is 4.79 Å². The predicted octanol–water partition coefficient (Wildman–Crippen LogP) is 4.51. The van der Waals surface area contributed by atoms with Crippen molar-refractivity contribution >= 4 is 40.4 Å². The van der Waals surface area contributed by atoms with Gasteiger partial charge in [-0.2, -0.15) is 0 Å². The maximum Gasteiger partial charge on any atom is 0.256 e. The first kappa shape index (κ1) is 16.1. The molecule has 0 saturated carbocycles. The first-order valence-electron chi connectivity index (χ1n) is 6.37. The highest BCUT2D eigenvalue weighted by Crippen LogP contribution is 2.31. The lowest BCUT2D eigenvalue weighted by Gasteiger charge is -2.17. The lowest BCUT2D eigenvalue weighted by molar-refractivity contribution is 0.0774. The Morgan fingerprint density at radius 3 is 2.52 bits per heavy atom. The molecule has 2 aromatic rings. The summed E-state index contributed by atoms with van der Waals surface area (Å²) in [6.45, 7) is 2.91. The van der Waals surface area contributed by atoms with Crippen LogP contribution < -0.4 is 4.74 Å². The van der Waals surface area contributed by atoms with E-state index in [1.807, 2.05) is 31.2 Å². The van der Waals surface area contributed by atoms with Crippen molar-refractivity contribution in [2.24, 2.45) is 0 Å². The van der Waals surface area contributed by atoms with Gasteiger partial charge >= 0.3 is 0 Å². The molecule has 1 aromatic heterocycles. The standard InChI is InChI=1S/C15H15Cl2NO2S/c1-10-3-5-11(6-4-10)20-8-7-18(2)15(19)12-9-13(16)21-14(12)17/h3-6,9H,7-8H2,1-2H3. The van der Waals surface area contributed by atoms with Crippen molar-refractivity contribution in [3.63, 3.8) is 0 Å². The van der Waals surface area contributed by atoms with Crippen molar-refractivity contribution in [2.45, 2.75) is 6.92 Å². The summed E-state index contributed by atoms with van der Waals surface area (Å²) in [6, 6.07) is 9.38. The number of nitrogens with zero attached hydrogens (tertiary/aromatic N) is 1. The maximum atomic E-state index is 12.2. The normalized spacial score (nSPS) is 10.5. The summed E-state index contributed by atoms with van der Waals surface area (Å²) in [5, 5.41) is 0. The Labute approximate surface area is 138 Å². The van der Waals surface area contributed by atoms with Crippen LogP contribution in [0.25, 0.3) is 0 Å². The van der Waals surface area contributed by atoms with Crippen LogP contribution in [0.1, 0.15) is 15.9 Å². The number of amides is 1. The van der Waals surface area contributed by atoms with Gasteiger partial charge in [0.15, 0.2) is 0 Å². The lowest BCUT2D eigenvalue weighted by atomic mass is 10.2. The van der Waals surface area contributed by atoms with E-state index in [1.54, 1.807) is 18.0 Å². The van der Waals surface area contributed by atoms with Gasteiger partial charge < -0.3 is 9.64 Å². The van der Waals surface area contributed by atoms with Crippen LogP contribution in [0.15, 0.2) is 30.3 Å². The molecule has 21 heavy (non-hydrogen) atoms. The minimum Gasteiger partial charge on any atom is -0.492 e. The highest BCUT2D eigenvalue weighted by molar-refractivity contribution is 7.20. The van der Waals surface area contributed by atoms with Crippen LogP contribution in [-0.2, 0) is 0 Å². The number of hydrogen-bond acceptors (Lipinski definition) is 3. The van der Waals surface area contributed by atoms with Crippen LogP contribution in [0.4, 0.5) is 0 Å². The molecule has 0 fully saturated rings. The smallest absolute Gasteiger partial charge is 0.256 e. The molecule has 0 aliphatic rings. The van der Waals surface area contributed by atoms with Crippen LogP contribution in [0, 0.1) is 6.92 Å². The van der Waals surface area contributed by atoms with Crippen molar-refractivity contribution in [1.29, 1.82) is 0 Å². The Morgan fingerprint density at radius 1 is 1.29 bits per heavy atom. The Balaban J connectivity index is 1.87. The van der Waals surface area contributed by atoms with Crippen LogP contribution in [0.2, 0.25) is 8.67 Å². The van der Waals surface area contributed by atoms with E-state index < -0.39 is 0 Å². The molecule has 0 atom stereocenters. The second-order valence-electron chi connectivity index (χ2n) is 4.63. The Kier molecular flexibility index (Phi) is 5.51. The number of thiophene rings is 1. The maximum absolute atomic E-state index is 12.2. The van der Waals surface area contributed by atoms with Crippen molar-refractivity contribution in [3.8, 4) is 5.75 Å². The van der Waals surface area contributed by atoms with Gasteiger partial charge in [-0.3, -0.25) is 4.79 Å². The number of carbonyl (C=O) groups excluding carboxylic acids is 1. The zero-order chi connectivity index (χ0) is 15.4. The SMILES string of the molecule is Cc1ccc(OCCN(C)C(=O)c2cc(Cl)sc2Cl)cc1. The molecule has 0 aliphatic carbocycles. The van der Waals surface area contributed by atoms with Gasteiger partial charge in [-0.25, -0.2) is 0 Å². The third kappa shape index (κ3) is 4.37. The molecule has 6 heteroatoms. The number of rotatable bonds is 5. The molecule has 2 rings (SSSR count). The van der Waals surface area contributed by atoms with Gasteiger partial charge in [0.2, 0.25) is 0 Å². The first-order chi connectivity index (χ1) is 9.97. The molecule has 0 bridgehead atoms. The van der Waals surface area contributed by atoms with Crippen molar-refractivity contribution < 1.29 is 9.53 Å². The second-order valence-corrected chi connectivity index (χ2v) is 6.91. The van der Waals surface area contributed by atoms with E-state index in [-0.39, 0.29) is 5.91 Å². The number of ether oxygens (including phenoxy) is 1. The topological polar surface area (TPSA) is 29.5 Å². The van der Waals surface area contributed by atoms with Crippen LogP contribution in [0.3, 0.4) is 0 Å². The molecule has 1 amide bonds. The van der Waals surface area contributed by atoms with Gasteiger partial charge in [-0.1, -0.05) is 40.9 Å². The molecule has 0 spiro atoms. The summed E-state index contributed by atoms with van der Waals surface area (Å²) in [5.74, 6) is 0.633. The highest BCUT2D eigenvalue weighted by Gasteiger charge is 2.17. The molecule has 3 nitrogen and oxygen atoms in total. The van der Waals surface area contributed by atoms with E-state index in [2.05, 4.69) is 0 Å². The fraction of sp³-hybridized carbons (Fsp3) is 0.267. The third-order valence-corrected chi connectivity index (χ3v) is 4.44. The van der Waals surface area contributed by atoms with E-state index >= 15 is 0 Å². The summed E-state index contributed by atoms with van der Waals surface area (Å²) in [4.78, 5) is 13.8. The number of likely N-dealkylation sites (N-methyl/N-ethyl adjacent to an activating group) is 1. The summed E-state index contributed by atoms with van der Waals surface area (Å²) < 4.78 is 6.52. The van der Waals surface area contributed by atoms with Gasteiger partial charge in [0.05, 0.1) is 16.4 Å². The zero-order valence-corrected chi connectivity index (χ0v) is 14.1. The molecule has 0 saturated heterocycles. The van der Waals surface area contributed by atoms with Gasteiger partial charge in [0.1, 0.15) is 16.7 Å². The van der Waals surface area contributed by atoms with Gasteiger partial charge in [-0.15, -0.1) is 11.3 Å². The van der Waals surface area contributed by atoms with E-state index in [1.165, 1.54) is 16.9 Å². The van der Waals surface area contributed by atoms with Crippen molar-refractivity contribution in [3.05, 3.63) is 50.1 Å². The number of aryl methyl sites for hydroxylation is 1. The van der Waals surface area contributed by atoms with E-state index in [0.717, 1.165) is 5.75 Å². The van der Waals surface area contributed by atoms with Gasteiger partial charge in [0.25, 0.3) is 5.91 Å². The van der Waals surface area contributed by atoms with Crippen LogP contribution in [-0.4, -0.2) is 31.0 Å². The molecular weight excluding hydrogens is 329 g/mol. The molecule has 0 N–H and O–H groups in total. The summed E-state index contributed by atoms with van der Waals surface area (Å²) in [5.41, 5.74) is 1.61. The number of halogens is 2. The summed E-state index contributed by atoms with van der Waals surface area (Å²) >= 11 is 13.0. The van der Waals surface area contributed by atoms with Crippen molar-refractivity contribution in [1.82, 2.24) is 4.90 Å². The summed E-state index contributed by atoms with van der Waals surface area (Å²) in [6.07, 6.45) is 0. The molecular formula is C15H15Cl2NO2S. The van der Waals surface area contributed by atoms with E-state index in [0.29, 0.717) is 27.4 Å². The minimum absolute atomic E-state index is 0.157. The zero-order valence-electron chi connectivity index (χ0n) is 11.7. The van der Waals surface area contributed by atoms with Gasteiger partial charge in [-0.05, 0) is 25.1 Å².